The van der Waals surface area contributed by atoms with Gasteiger partial charge in [0.1, 0.15) is 0 Å². The number of nitrogens with one attached hydrogen (secondary N) is 1. The zero-order valence-electron chi connectivity index (χ0n) is 16.7. The van der Waals surface area contributed by atoms with Crippen LogP contribution in [-0.2, 0) is 19.5 Å². The lowest BCUT2D eigenvalue weighted by atomic mass is 10.0. The minimum absolute atomic E-state index is 0.172. The molecule has 0 atom stereocenters. The molecule has 3 heteroatoms. The van der Waals surface area contributed by atoms with Crippen molar-refractivity contribution in [3.05, 3.63) is 81.1 Å². The van der Waals surface area contributed by atoms with Crippen LogP contribution in [0.3, 0.4) is 0 Å². The second-order valence-corrected chi connectivity index (χ2v) is 7.33. The van der Waals surface area contributed by atoms with Crippen LogP contribution < -0.4 is 5.43 Å². The molecule has 3 nitrogen and oxygen atoms in total. The Labute approximate surface area is 162 Å². The Morgan fingerprint density at radius 1 is 0.963 bits per heavy atom. The molecule has 142 valence electrons. The quantitative estimate of drug-likeness (QED) is 0.598. The van der Waals surface area contributed by atoms with Gasteiger partial charge in [-0.05, 0) is 49.6 Å². The van der Waals surface area contributed by atoms with Crippen LogP contribution in [0.5, 0.6) is 0 Å². The van der Waals surface area contributed by atoms with Gasteiger partial charge in [-0.3, -0.25) is 9.69 Å². The Kier molecular flexibility index (Phi) is 6.46. The van der Waals surface area contributed by atoms with Gasteiger partial charge in [0, 0.05) is 35.2 Å². The van der Waals surface area contributed by atoms with E-state index in [9.17, 15) is 4.79 Å². The second kappa shape index (κ2) is 9.01. The first-order valence-corrected chi connectivity index (χ1v) is 10.0. The fraction of sp³-hybridized carbons (Fsp3) is 0.375. The average Bonchev–Trinajstić information content (AvgIpc) is 2.69. The van der Waals surface area contributed by atoms with Crippen molar-refractivity contribution in [2.75, 3.05) is 6.54 Å². The summed E-state index contributed by atoms with van der Waals surface area (Å²) in [6.45, 7) is 8.78. The first-order chi connectivity index (χ1) is 13.1. The van der Waals surface area contributed by atoms with Crippen LogP contribution in [0.25, 0.3) is 10.9 Å². The molecular formula is C24H30N2O. The first kappa shape index (κ1) is 19.4. The number of hydrogen-bond acceptors (Lipinski definition) is 2. The Hall–Kier alpha value is -2.39. The summed E-state index contributed by atoms with van der Waals surface area (Å²) in [5, 5.41) is 0.819. The Bertz CT molecular complexity index is 944. The monoisotopic (exact) mass is 362 g/mol. The van der Waals surface area contributed by atoms with Gasteiger partial charge in [0.05, 0.1) is 0 Å². The van der Waals surface area contributed by atoms with Crippen molar-refractivity contribution in [1.82, 2.24) is 9.88 Å². The summed E-state index contributed by atoms with van der Waals surface area (Å²) in [6, 6.07) is 16.7. The maximum absolute atomic E-state index is 13.2. The van der Waals surface area contributed by atoms with Gasteiger partial charge in [0.2, 0.25) is 0 Å². The molecule has 0 unspecified atom stereocenters. The van der Waals surface area contributed by atoms with Crippen LogP contribution in [0.2, 0.25) is 0 Å². The lowest BCUT2D eigenvalue weighted by Gasteiger charge is -2.21. The molecule has 0 saturated heterocycles. The number of fused-ring (bicyclic) bond motifs is 1. The minimum atomic E-state index is 0.172. The molecule has 3 aromatic rings. The van der Waals surface area contributed by atoms with E-state index in [0.717, 1.165) is 48.1 Å². The Balaban J connectivity index is 1.91. The molecule has 0 spiro atoms. The minimum Gasteiger partial charge on any atom is -0.358 e. The van der Waals surface area contributed by atoms with E-state index in [1.165, 1.54) is 17.5 Å². The zero-order valence-corrected chi connectivity index (χ0v) is 16.7. The van der Waals surface area contributed by atoms with Gasteiger partial charge in [-0.2, -0.15) is 0 Å². The summed E-state index contributed by atoms with van der Waals surface area (Å²) in [6.07, 6.45) is 3.35. The van der Waals surface area contributed by atoms with E-state index in [0.29, 0.717) is 6.54 Å². The number of nitrogens with zero attached hydrogens (tertiary/aromatic N) is 1. The third-order valence-corrected chi connectivity index (χ3v) is 5.27. The van der Waals surface area contributed by atoms with Crippen LogP contribution >= 0.6 is 0 Å². The first-order valence-electron chi connectivity index (χ1n) is 10.0. The lowest BCUT2D eigenvalue weighted by Crippen LogP contribution is -2.27. The third-order valence-electron chi connectivity index (χ3n) is 5.27. The van der Waals surface area contributed by atoms with Crippen LogP contribution in [0.1, 0.15) is 49.1 Å². The number of aromatic amines is 1. The molecule has 0 aliphatic heterocycles. The number of unbranched alkanes of at least 4 members (excludes halogenated alkanes) is 1. The lowest BCUT2D eigenvalue weighted by molar-refractivity contribution is 0.270. The van der Waals surface area contributed by atoms with Gasteiger partial charge < -0.3 is 4.98 Å². The number of aryl methyl sites for hydroxylation is 2. The van der Waals surface area contributed by atoms with Crippen LogP contribution in [-0.4, -0.2) is 16.4 Å². The van der Waals surface area contributed by atoms with Gasteiger partial charge in [-0.25, -0.2) is 0 Å². The summed E-state index contributed by atoms with van der Waals surface area (Å²) >= 11 is 0. The number of pyridine rings is 1. The summed E-state index contributed by atoms with van der Waals surface area (Å²) < 4.78 is 0. The highest BCUT2D eigenvalue weighted by Crippen LogP contribution is 2.17. The summed E-state index contributed by atoms with van der Waals surface area (Å²) in [5.74, 6) is 0. The Morgan fingerprint density at radius 3 is 2.44 bits per heavy atom. The zero-order chi connectivity index (χ0) is 19.2. The van der Waals surface area contributed by atoms with E-state index in [1.807, 2.05) is 13.0 Å². The number of H-pyrrole nitrogens is 1. The smallest absolute Gasteiger partial charge is 0.194 e. The molecule has 0 fully saturated rings. The van der Waals surface area contributed by atoms with Gasteiger partial charge in [-0.15, -0.1) is 0 Å². The summed E-state index contributed by atoms with van der Waals surface area (Å²) in [5.41, 5.74) is 5.49. The molecular weight excluding hydrogens is 332 g/mol. The van der Waals surface area contributed by atoms with Gasteiger partial charge in [-0.1, -0.05) is 56.7 Å². The van der Waals surface area contributed by atoms with Crippen LogP contribution in [0, 0.1) is 6.92 Å². The van der Waals surface area contributed by atoms with Gasteiger partial charge in [0.15, 0.2) is 5.43 Å². The molecule has 3 rings (SSSR count). The number of hydrogen-bond donors (Lipinski definition) is 1. The fourth-order valence-corrected chi connectivity index (χ4v) is 3.57. The maximum atomic E-state index is 13.2. The topological polar surface area (TPSA) is 36.1 Å². The highest BCUT2D eigenvalue weighted by atomic mass is 16.1. The van der Waals surface area contributed by atoms with Crippen LogP contribution in [0.15, 0.2) is 53.3 Å². The van der Waals surface area contributed by atoms with E-state index in [2.05, 4.69) is 66.2 Å². The molecule has 2 aromatic carbocycles. The molecule has 1 heterocycles. The molecule has 1 aromatic heterocycles. The van der Waals surface area contributed by atoms with E-state index in [-0.39, 0.29) is 5.43 Å². The molecule has 27 heavy (non-hydrogen) atoms. The van der Waals surface area contributed by atoms with Crippen molar-refractivity contribution in [2.45, 2.75) is 53.1 Å². The van der Waals surface area contributed by atoms with E-state index >= 15 is 0 Å². The average molecular weight is 363 g/mol. The number of benzene rings is 2. The highest BCUT2D eigenvalue weighted by Gasteiger charge is 2.13. The molecule has 0 amide bonds. The van der Waals surface area contributed by atoms with E-state index in [4.69, 9.17) is 0 Å². The number of aromatic nitrogens is 1. The normalized spacial score (nSPS) is 11.4. The fourth-order valence-electron chi connectivity index (χ4n) is 3.57. The summed E-state index contributed by atoms with van der Waals surface area (Å²) in [7, 11) is 0. The van der Waals surface area contributed by atoms with Crippen molar-refractivity contribution in [2.24, 2.45) is 0 Å². The van der Waals surface area contributed by atoms with Crippen LogP contribution in [0.4, 0.5) is 0 Å². The molecule has 0 aliphatic rings. The molecule has 0 bridgehead atoms. The van der Waals surface area contributed by atoms with E-state index < -0.39 is 0 Å². The standard InChI is InChI=1S/C24H30N2O/c1-4-6-10-19-13-14-23-21(15-19)24(27)22(18(3)25-23)17-26(5-2)16-20-11-8-7-9-12-20/h7-9,11-15H,4-6,10,16-17H2,1-3H3,(H,25,27). The SMILES string of the molecule is CCCCc1ccc2[nH]c(C)c(CN(CC)Cc3ccccc3)c(=O)c2c1. The second-order valence-electron chi connectivity index (χ2n) is 7.33. The van der Waals surface area contributed by atoms with E-state index in [1.54, 1.807) is 0 Å². The molecule has 0 saturated carbocycles. The van der Waals surface area contributed by atoms with Crippen molar-refractivity contribution >= 4 is 10.9 Å². The van der Waals surface area contributed by atoms with Gasteiger partial charge in [0.25, 0.3) is 0 Å². The van der Waals surface area contributed by atoms with Crippen molar-refractivity contribution in [3.8, 4) is 0 Å². The van der Waals surface area contributed by atoms with Crippen molar-refractivity contribution in [3.63, 3.8) is 0 Å². The number of rotatable bonds is 8. The highest BCUT2D eigenvalue weighted by molar-refractivity contribution is 5.80. The molecule has 0 radical (unpaired) electrons. The molecule has 1 N–H and O–H groups in total. The third kappa shape index (κ3) is 4.67. The molecule has 0 aliphatic carbocycles. The largest absolute Gasteiger partial charge is 0.358 e. The van der Waals surface area contributed by atoms with Gasteiger partial charge >= 0.3 is 0 Å². The maximum Gasteiger partial charge on any atom is 0.194 e. The summed E-state index contributed by atoms with van der Waals surface area (Å²) in [4.78, 5) is 19.0. The van der Waals surface area contributed by atoms with Crippen molar-refractivity contribution in [1.29, 1.82) is 0 Å². The predicted octanol–water partition coefficient (Wildman–Crippen LogP) is 5.20. The Morgan fingerprint density at radius 2 is 1.74 bits per heavy atom. The predicted molar refractivity (Wildman–Crippen MR) is 114 cm³/mol. The van der Waals surface area contributed by atoms with Crippen molar-refractivity contribution < 1.29 is 0 Å².